The highest BCUT2D eigenvalue weighted by Gasteiger charge is 2.48. The summed E-state index contributed by atoms with van der Waals surface area (Å²) in [4.78, 5) is 37.7. The number of Topliss-reactive ketones (excluding diaryl/α,β-unsaturated/α-hetero) is 1. The predicted molar refractivity (Wildman–Crippen MR) is 121 cm³/mol. The number of anilines is 1. The monoisotopic (exact) mass is 463 g/mol. The topological polar surface area (TPSA) is 136 Å². The van der Waals surface area contributed by atoms with Crippen LogP contribution in [0.2, 0.25) is 0 Å². The fourth-order valence-electron chi connectivity index (χ4n) is 3.75. The number of aliphatic hydroxyl groups is 1. The smallest absolute Gasteiger partial charge is 0.301 e. The lowest BCUT2D eigenvalue weighted by Gasteiger charge is -2.22. The van der Waals surface area contributed by atoms with Crippen molar-refractivity contribution in [3.8, 4) is 5.75 Å². The van der Waals surface area contributed by atoms with Crippen LogP contribution in [-0.4, -0.2) is 33.0 Å². The van der Waals surface area contributed by atoms with Gasteiger partial charge in [-0.3, -0.25) is 24.6 Å². The molecule has 0 saturated carbocycles. The van der Waals surface area contributed by atoms with E-state index >= 15 is 0 Å². The number of non-ortho nitro benzene ring substituents is 1. The number of aliphatic hydroxyl groups excluding tert-OH is 1. The Morgan fingerprint density at radius 2 is 1.79 bits per heavy atom. The summed E-state index contributed by atoms with van der Waals surface area (Å²) in [6, 6.07) is 12.3. The maximum absolute atomic E-state index is 13.1. The van der Waals surface area contributed by atoms with Gasteiger partial charge in [0.05, 0.1) is 22.6 Å². The Morgan fingerprint density at radius 3 is 2.32 bits per heavy atom. The fraction of sp³-hybridized carbons (Fsp3) is 0.208. The van der Waals surface area contributed by atoms with E-state index in [1.807, 2.05) is 13.8 Å². The van der Waals surface area contributed by atoms with Crippen molar-refractivity contribution in [1.29, 1.82) is 0 Å². The van der Waals surface area contributed by atoms with Gasteiger partial charge in [-0.25, -0.2) is 0 Å². The van der Waals surface area contributed by atoms with Crippen molar-refractivity contribution in [2.45, 2.75) is 32.9 Å². The average Bonchev–Trinajstić information content (AvgIpc) is 3.34. The first-order valence-corrected chi connectivity index (χ1v) is 10.4. The van der Waals surface area contributed by atoms with Crippen molar-refractivity contribution in [1.82, 2.24) is 5.16 Å². The van der Waals surface area contributed by atoms with Crippen molar-refractivity contribution < 1.29 is 28.9 Å². The molecular weight excluding hydrogens is 442 g/mol. The number of amides is 1. The largest absolute Gasteiger partial charge is 0.507 e. The van der Waals surface area contributed by atoms with Gasteiger partial charge in [0.15, 0.2) is 5.82 Å². The van der Waals surface area contributed by atoms with E-state index in [9.17, 15) is 24.8 Å². The molecule has 0 radical (unpaired) electrons. The van der Waals surface area contributed by atoms with Crippen molar-refractivity contribution in [2.75, 3.05) is 4.90 Å². The number of hydrogen-bond acceptors (Lipinski definition) is 8. The van der Waals surface area contributed by atoms with E-state index in [4.69, 9.17) is 9.26 Å². The lowest BCUT2D eigenvalue weighted by Crippen LogP contribution is -2.29. The molecule has 10 nitrogen and oxygen atoms in total. The quantitative estimate of drug-likeness (QED) is 0.188. The first-order valence-electron chi connectivity index (χ1n) is 10.4. The summed E-state index contributed by atoms with van der Waals surface area (Å²) in [5.74, 6) is -1.12. The van der Waals surface area contributed by atoms with Crippen LogP contribution in [0.1, 0.15) is 36.8 Å². The molecule has 1 aromatic heterocycles. The molecule has 1 aliphatic heterocycles. The Balaban J connectivity index is 1.85. The fourth-order valence-corrected chi connectivity index (χ4v) is 3.75. The first kappa shape index (κ1) is 22.7. The van der Waals surface area contributed by atoms with Gasteiger partial charge < -0.3 is 14.4 Å². The first-order chi connectivity index (χ1) is 16.2. The number of aromatic nitrogens is 1. The van der Waals surface area contributed by atoms with Crippen LogP contribution in [-0.2, 0) is 9.59 Å². The lowest BCUT2D eigenvalue weighted by molar-refractivity contribution is -0.384. The van der Waals surface area contributed by atoms with Crippen LogP contribution < -0.4 is 9.64 Å². The molecule has 1 amide bonds. The van der Waals surface area contributed by atoms with E-state index in [1.165, 1.54) is 30.3 Å². The van der Waals surface area contributed by atoms with E-state index in [0.29, 0.717) is 22.6 Å². The molecule has 1 saturated heterocycles. The predicted octanol–water partition coefficient (Wildman–Crippen LogP) is 4.30. The molecule has 1 unspecified atom stereocenters. The van der Waals surface area contributed by atoms with Gasteiger partial charge in [0, 0.05) is 23.8 Å². The Hall–Kier alpha value is -4.47. The third kappa shape index (κ3) is 4.13. The van der Waals surface area contributed by atoms with E-state index in [0.717, 1.165) is 4.90 Å². The van der Waals surface area contributed by atoms with E-state index < -0.39 is 22.7 Å². The van der Waals surface area contributed by atoms with E-state index in [1.54, 1.807) is 31.2 Å². The van der Waals surface area contributed by atoms with Crippen molar-refractivity contribution in [3.63, 3.8) is 0 Å². The SMILES string of the molecule is Cc1cc(N2C(=O)C(=O)/C(=C(/O)c3ccc(OC(C)C)cc3)C2c2ccc([N+](=O)[O-])cc2)no1. The van der Waals surface area contributed by atoms with Crippen LogP contribution in [0.5, 0.6) is 5.75 Å². The molecule has 4 rings (SSSR count). The maximum Gasteiger partial charge on any atom is 0.301 e. The normalized spacial score (nSPS) is 17.4. The highest BCUT2D eigenvalue weighted by Crippen LogP contribution is 2.42. The molecule has 0 aliphatic carbocycles. The van der Waals surface area contributed by atoms with E-state index in [-0.39, 0.29) is 28.9 Å². The van der Waals surface area contributed by atoms with Gasteiger partial charge in [-0.1, -0.05) is 5.16 Å². The summed E-state index contributed by atoms with van der Waals surface area (Å²) in [6.07, 6.45) is -0.0437. The van der Waals surface area contributed by atoms with Crippen LogP contribution in [0.3, 0.4) is 0 Å². The van der Waals surface area contributed by atoms with Gasteiger partial charge in [-0.05, 0) is 62.7 Å². The zero-order valence-corrected chi connectivity index (χ0v) is 18.6. The zero-order valence-electron chi connectivity index (χ0n) is 18.6. The molecule has 1 aliphatic rings. The Bertz CT molecular complexity index is 1290. The number of ether oxygens (including phenoxy) is 1. The number of nitro benzene ring substituents is 1. The molecule has 0 bridgehead atoms. The van der Waals surface area contributed by atoms with Gasteiger partial charge in [0.2, 0.25) is 0 Å². The summed E-state index contributed by atoms with van der Waals surface area (Å²) in [5.41, 5.74) is 0.361. The van der Waals surface area contributed by atoms with Gasteiger partial charge in [-0.15, -0.1) is 0 Å². The standard InChI is InChI=1S/C24H21N3O7/c1-13(2)33-18-10-6-16(7-11-18)22(28)20-21(15-4-8-17(9-5-15)27(31)32)26(24(30)23(20)29)19-12-14(3)34-25-19/h4-13,21,28H,1-3H3/b22-20+. The Kier molecular flexibility index (Phi) is 5.89. The van der Waals surface area contributed by atoms with Crippen LogP contribution in [0.15, 0.2) is 64.7 Å². The number of nitrogens with zero attached hydrogens (tertiary/aromatic N) is 3. The number of aryl methyl sites for hydroxylation is 1. The van der Waals surface area contributed by atoms with Crippen LogP contribution in [0, 0.1) is 17.0 Å². The zero-order chi connectivity index (χ0) is 24.6. The lowest BCUT2D eigenvalue weighted by atomic mass is 9.95. The van der Waals surface area contributed by atoms with Gasteiger partial charge >= 0.3 is 5.91 Å². The van der Waals surface area contributed by atoms with Crippen molar-refractivity contribution >= 4 is 29.0 Å². The highest BCUT2D eigenvalue weighted by molar-refractivity contribution is 6.51. The van der Waals surface area contributed by atoms with Gasteiger partial charge in [0.25, 0.3) is 11.5 Å². The number of rotatable bonds is 6. The number of carbonyl (C=O) groups is 2. The molecule has 1 fully saturated rings. The molecule has 0 spiro atoms. The third-order valence-corrected chi connectivity index (χ3v) is 5.23. The number of hydrogen-bond donors (Lipinski definition) is 1. The Morgan fingerprint density at radius 1 is 1.15 bits per heavy atom. The van der Waals surface area contributed by atoms with Gasteiger partial charge in [0.1, 0.15) is 17.3 Å². The van der Waals surface area contributed by atoms with Crippen LogP contribution >= 0.6 is 0 Å². The van der Waals surface area contributed by atoms with Gasteiger partial charge in [-0.2, -0.15) is 0 Å². The van der Waals surface area contributed by atoms with Crippen molar-refractivity contribution in [3.05, 3.63) is 87.2 Å². The molecule has 3 aromatic rings. The highest BCUT2D eigenvalue weighted by atomic mass is 16.6. The summed E-state index contributed by atoms with van der Waals surface area (Å²) in [7, 11) is 0. The molecule has 1 N–H and O–H groups in total. The molecule has 1 atom stereocenters. The molecule has 174 valence electrons. The molecular formula is C24H21N3O7. The summed E-state index contributed by atoms with van der Waals surface area (Å²) in [5, 5.41) is 26.1. The molecule has 34 heavy (non-hydrogen) atoms. The van der Waals surface area contributed by atoms with Crippen LogP contribution in [0.25, 0.3) is 5.76 Å². The van der Waals surface area contributed by atoms with Crippen LogP contribution in [0.4, 0.5) is 11.5 Å². The number of ketones is 1. The summed E-state index contributed by atoms with van der Waals surface area (Å²) < 4.78 is 10.7. The Labute approximate surface area is 194 Å². The summed E-state index contributed by atoms with van der Waals surface area (Å²) >= 11 is 0. The molecule has 10 heteroatoms. The third-order valence-electron chi connectivity index (χ3n) is 5.23. The minimum absolute atomic E-state index is 0.0437. The van der Waals surface area contributed by atoms with E-state index in [2.05, 4.69) is 5.16 Å². The molecule has 2 heterocycles. The maximum atomic E-state index is 13.1. The second-order valence-corrected chi connectivity index (χ2v) is 8.00. The number of benzene rings is 2. The average molecular weight is 463 g/mol. The summed E-state index contributed by atoms with van der Waals surface area (Å²) in [6.45, 7) is 5.39. The second-order valence-electron chi connectivity index (χ2n) is 8.00. The molecule has 2 aromatic carbocycles. The number of nitro groups is 1. The minimum atomic E-state index is -1.07. The second kappa shape index (κ2) is 8.81. The number of carbonyl (C=O) groups excluding carboxylic acids is 2. The van der Waals surface area contributed by atoms with Crippen molar-refractivity contribution in [2.24, 2.45) is 0 Å². The minimum Gasteiger partial charge on any atom is -0.507 e.